The molecular weight excluding hydrogens is 265 g/mol. The van der Waals surface area contributed by atoms with Gasteiger partial charge in [-0.25, -0.2) is 9.37 Å². The first-order chi connectivity index (χ1) is 9.19. The van der Waals surface area contributed by atoms with Crippen LogP contribution in [0.2, 0.25) is 5.02 Å². The van der Waals surface area contributed by atoms with Gasteiger partial charge in [-0.3, -0.25) is 0 Å². The summed E-state index contributed by atoms with van der Waals surface area (Å²) in [6, 6.07) is 4.82. The van der Waals surface area contributed by atoms with Gasteiger partial charge in [-0.1, -0.05) is 24.6 Å². The van der Waals surface area contributed by atoms with Gasteiger partial charge in [0.05, 0.1) is 6.33 Å². The molecular formula is C14H17ClFN3. The summed E-state index contributed by atoms with van der Waals surface area (Å²) in [6.07, 6.45) is 6.50. The van der Waals surface area contributed by atoms with E-state index in [9.17, 15) is 4.39 Å². The van der Waals surface area contributed by atoms with E-state index in [1.165, 1.54) is 12.1 Å². The molecule has 102 valence electrons. The van der Waals surface area contributed by atoms with Crippen LogP contribution in [-0.4, -0.2) is 15.6 Å². The fourth-order valence-electron chi connectivity index (χ4n) is 1.91. The maximum Gasteiger partial charge on any atom is 0.124 e. The SMILES string of the molecule is CCC(Cn1ccnc1)NCc1ccc(F)cc1Cl. The van der Waals surface area contributed by atoms with E-state index in [1.807, 2.05) is 10.8 Å². The van der Waals surface area contributed by atoms with Gasteiger partial charge in [-0.15, -0.1) is 0 Å². The second kappa shape index (κ2) is 6.68. The lowest BCUT2D eigenvalue weighted by molar-refractivity contribution is 0.435. The van der Waals surface area contributed by atoms with Gasteiger partial charge in [0.2, 0.25) is 0 Å². The molecule has 1 aromatic carbocycles. The normalized spacial score (nSPS) is 12.6. The average molecular weight is 282 g/mol. The first-order valence-electron chi connectivity index (χ1n) is 6.32. The third-order valence-electron chi connectivity index (χ3n) is 3.08. The smallest absolute Gasteiger partial charge is 0.124 e. The van der Waals surface area contributed by atoms with Crippen LogP contribution < -0.4 is 5.32 Å². The number of halogens is 2. The third kappa shape index (κ3) is 4.04. The van der Waals surface area contributed by atoms with Crippen molar-refractivity contribution in [3.63, 3.8) is 0 Å². The molecule has 0 amide bonds. The number of imidazole rings is 1. The highest BCUT2D eigenvalue weighted by atomic mass is 35.5. The van der Waals surface area contributed by atoms with Crippen molar-refractivity contribution < 1.29 is 4.39 Å². The second-order valence-corrected chi connectivity index (χ2v) is 4.89. The highest BCUT2D eigenvalue weighted by Gasteiger charge is 2.08. The van der Waals surface area contributed by atoms with Crippen molar-refractivity contribution >= 4 is 11.6 Å². The molecule has 0 fully saturated rings. The molecule has 0 saturated heterocycles. The van der Waals surface area contributed by atoms with Crippen LogP contribution >= 0.6 is 11.6 Å². The Labute approximate surface area is 117 Å². The predicted octanol–water partition coefficient (Wildman–Crippen LogP) is 3.24. The number of benzene rings is 1. The van der Waals surface area contributed by atoms with E-state index >= 15 is 0 Å². The van der Waals surface area contributed by atoms with E-state index in [0.717, 1.165) is 18.5 Å². The number of rotatable bonds is 6. The number of aromatic nitrogens is 2. The first kappa shape index (κ1) is 14.0. The molecule has 0 aliphatic rings. The minimum absolute atomic E-state index is 0.306. The molecule has 1 aromatic heterocycles. The monoisotopic (exact) mass is 281 g/mol. The highest BCUT2D eigenvalue weighted by molar-refractivity contribution is 6.31. The average Bonchev–Trinajstić information content (AvgIpc) is 2.89. The van der Waals surface area contributed by atoms with Crippen molar-refractivity contribution in [2.24, 2.45) is 0 Å². The zero-order valence-corrected chi connectivity index (χ0v) is 11.6. The Morgan fingerprint density at radius 1 is 1.47 bits per heavy atom. The standard InChI is InChI=1S/C14H17ClFN3/c1-2-13(9-19-6-5-17-10-19)18-8-11-3-4-12(16)7-14(11)15/h3-7,10,13,18H,2,8-9H2,1H3. The summed E-state index contributed by atoms with van der Waals surface area (Å²) >= 11 is 6.00. The van der Waals surface area contributed by atoms with Crippen molar-refractivity contribution in [3.05, 3.63) is 53.3 Å². The molecule has 0 saturated carbocycles. The van der Waals surface area contributed by atoms with E-state index in [0.29, 0.717) is 17.6 Å². The Morgan fingerprint density at radius 3 is 2.95 bits per heavy atom. The largest absolute Gasteiger partial charge is 0.336 e. The van der Waals surface area contributed by atoms with Crippen LogP contribution in [0.3, 0.4) is 0 Å². The summed E-state index contributed by atoms with van der Waals surface area (Å²) in [5.74, 6) is -0.306. The molecule has 0 radical (unpaired) electrons. The summed E-state index contributed by atoms with van der Waals surface area (Å²) in [5.41, 5.74) is 0.909. The fourth-order valence-corrected chi connectivity index (χ4v) is 2.14. The lowest BCUT2D eigenvalue weighted by Crippen LogP contribution is -2.32. The summed E-state index contributed by atoms with van der Waals surface area (Å²) in [7, 11) is 0. The van der Waals surface area contributed by atoms with Gasteiger partial charge in [0.25, 0.3) is 0 Å². The van der Waals surface area contributed by atoms with Gasteiger partial charge in [-0.05, 0) is 24.1 Å². The minimum Gasteiger partial charge on any atom is -0.336 e. The van der Waals surface area contributed by atoms with Crippen LogP contribution in [0.4, 0.5) is 4.39 Å². The number of nitrogens with one attached hydrogen (secondary N) is 1. The van der Waals surface area contributed by atoms with Crippen LogP contribution in [0, 0.1) is 5.82 Å². The maximum absolute atomic E-state index is 12.9. The second-order valence-electron chi connectivity index (χ2n) is 4.48. The lowest BCUT2D eigenvalue weighted by atomic mass is 10.1. The molecule has 0 aliphatic heterocycles. The molecule has 5 heteroatoms. The van der Waals surface area contributed by atoms with Gasteiger partial charge in [0.1, 0.15) is 5.82 Å². The predicted molar refractivity (Wildman–Crippen MR) is 74.6 cm³/mol. The van der Waals surface area contributed by atoms with E-state index in [1.54, 1.807) is 18.6 Å². The molecule has 2 aromatic rings. The molecule has 3 nitrogen and oxygen atoms in total. The molecule has 1 unspecified atom stereocenters. The Kier molecular flexibility index (Phi) is 4.93. The van der Waals surface area contributed by atoms with Crippen molar-refractivity contribution in [3.8, 4) is 0 Å². The van der Waals surface area contributed by atoms with E-state index < -0.39 is 0 Å². The van der Waals surface area contributed by atoms with Crippen molar-refractivity contribution in [2.45, 2.75) is 32.5 Å². The van der Waals surface area contributed by atoms with E-state index in [2.05, 4.69) is 17.2 Å². The molecule has 0 bridgehead atoms. The Morgan fingerprint density at radius 2 is 2.32 bits per heavy atom. The van der Waals surface area contributed by atoms with Crippen LogP contribution in [-0.2, 0) is 13.1 Å². The van der Waals surface area contributed by atoms with Crippen molar-refractivity contribution in [1.82, 2.24) is 14.9 Å². The maximum atomic E-state index is 12.9. The molecule has 0 spiro atoms. The van der Waals surface area contributed by atoms with E-state index in [4.69, 9.17) is 11.6 Å². The molecule has 19 heavy (non-hydrogen) atoms. The summed E-state index contributed by atoms with van der Waals surface area (Å²) in [4.78, 5) is 4.02. The van der Waals surface area contributed by atoms with Gasteiger partial charge in [-0.2, -0.15) is 0 Å². The Balaban J connectivity index is 1.92. The zero-order chi connectivity index (χ0) is 13.7. The molecule has 2 rings (SSSR count). The number of hydrogen-bond donors (Lipinski definition) is 1. The van der Waals surface area contributed by atoms with Gasteiger partial charge >= 0.3 is 0 Å². The Bertz CT molecular complexity index is 513. The molecule has 1 atom stereocenters. The highest BCUT2D eigenvalue weighted by Crippen LogP contribution is 2.17. The fraction of sp³-hybridized carbons (Fsp3) is 0.357. The zero-order valence-electron chi connectivity index (χ0n) is 10.8. The number of nitrogens with zero attached hydrogens (tertiary/aromatic N) is 2. The van der Waals surface area contributed by atoms with Crippen LogP contribution in [0.1, 0.15) is 18.9 Å². The third-order valence-corrected chi connectivity index (χ3v) is 3.43. The Hall–Kier alpha value is -1.39. The first-order valence-corrected chi connectivity index (χ1v) is 6.70. The van der Waals surface area contributed by atoms with Crippen molar-refractivity contribution in [1.29, 1.82) is 0 Å². The molecule has 1 N–H and O–H groups in total. The number of hydrogen-bond acceptors (Lipinski definition) is 2. The van der Waals surface area contributed by atoms with Gasteiger partial charge in [0.15, 0.2) is 0 Å². The lowest BCUT2D eigenvalue weighted by Gasteiger charge is -2.18. The quantitative estimate of drug-likeness (QED) is 0.881. The molecule has 0 aliphatic carbocycles. The van der Waals surface area contributed by atoms with Crippen molar-refractivity contribution in [2.75, 3.05) is 0 Å². The van der Waals surface area contributed by atoms with Crippen LogP contribution in [0.15, 0.2) is 36.9 Å². The van der Waals surface area contributed by atoms with Gasteiger partial charge < -0.3 is 9.88 Å². The van der Waals surface area contributed by atoms with Crippen LogP contribution in [0.25, 0.3) is 0 Å². The summed E-state index contributed by atoms with van der Waals surface area (Å²) in [5, 5.41) is 3.89. The topological polar surface area (TPSA) is 29.9 Å². The van der Waals surface area contributed by atoms with Gasteiger partial charge in [0, 0.05) is 36.5 Å². The van der Waals surface area contributed by atoms with Crippen LogP contribution in [0.5, 0.6) is 0 Å². The molecule has 1 heterocycles. The summed E-state index contributed by atoms with van der Waals surface area (Å²) < 4.78 is 15.0. The summed E-state index contributed by atoms with van der Waals surface area (Å²) in [6.45, 7) is 3.61. The minimum atomic E-state index is -0.306. The van der Waals surface area contributed by atoms with E-state index in [-0.39, 0.29) is 5.82 Å².